The molecule has 0 N–H and O–H groups in total. The first-order chi connectivity index (χ1) is 7.26. The maximum atomic E-state index is 11.5. The van der Waals surface area contributed by atoms with Gasteiger partial charge in [0.15, 0.2) is 0 Å². The number of halogens is 1. The van der Waals surface area contributed by atoms with Gasteiger partial charge in [-0.2, -0.15) is 0 Å². The summed E-state index contributed by atoms with van der Waals surface area (Å²) in [6, 6.07) is 3.59. The van der Waals surface area contributed by atoms with Crippen LogP contribution in [0.1, 0.15) is 5.69 Å². The Kier molecular flexibility index (Phi) is 2.77. The van der Waals surface area contributed by atoms with Crippen LogP contribution in [0.2, 0.25) is 0 Å². The van der Waals surface area contributed by atoms with Crippen molar-refractivity contribution < 1.29 is 9.53 Å². The number of carbonyl (C=O) groups excluding carboxylic acids is 1. The van der Waals surface area contributed by atoms with E-state index in [0.29, 0.717) is 12.4 Å². The van der Waals surface area contributed by atoms with E-state index in [1.807, 2.05) is 6.07 Å². The van der Waals surface area contributed by atoms with Crippen molar-refractivity contribution in [2.75, 3.05) is 24.4 Å². The summed E-state index contributed by atoms with van der Waals surface area (Å²) < 4.78 is 5.02. The lowest BCUT2D eigenvalue weighted by Gasteiger charge is -2.15. The zero-order chi connectivity index (χ0) is 10.8. The average Bonchev–Trinajstić information content (AvgIpc) is 2.70. The number of aromatic nitrogens is 1. The van der Waals surface area contributed by atoms with Gasteiger partial charge in [0.05, 0.1) is 18.5 Å². The number of carbonyl (C=O) groups is 1. The Morgan fingerprint density at radius 1 is 1.67 bits per heavy atom. The first-order valence-electron chi connectivity index (χ1n) is 4.66. The van der Waals surface area contributed by atoms with E-state index in [0.717, 1.165) is 17.8 Å². The summed E-state index contributed by atoms with van der Waals surface area (Å²) in [6.07, 6.45) is 0.759. The molecule has 0 bridgehead atoms. The molecular formula is C10H11ClN2O2. The monoisotopic (exact) mass is 226 g/mol. The SMILES string of the molecule is COc1ccc2c(n1)CCN2C(=O)CCl. The third-order valence-corrected chi connectivity index (χ3v) is 2.64. The molecule has 0 unspecified atom stereocenters. The van der Waals surface area contributed by atoms with Gasteiger partial charge in [-0.25, -0.2) is 4.98 Å². The zero-order valence-electron chi connectivity index (χ0n) is 8.36. The van der Waals surface area contributed by atoms with Crippen LogP contribution in [-0.2, 0) is 11.2 Å². The van der Waals surface area contributed by atoms with E-state index >= 15 is 0 Å². The van der Waals surface area contributed by atoms with Crippen LogP contribution in [0.4, 0.5) is 5.69 Å². The first kappa shape index (κ1) is 10.2. The smallest absolute Gasteiger partial charge is 0.241 e. The Morgan fingerprint density at radius 3 is 3.13 bits per heavy atom. The highest BCUT2D eigenvalue weighted by Gasteiger charge is 2.25. The van der Waals surface area contributed by atoms with Crippen LogP contribution in [0.25, 0.3) is 0 Å². The molecule has 0 aliphatic carbocycles. The molecule has 2 heterocycles. The number of hydrogen-bond acceptors (Lipinski definition) is 3. The summed E-state index contributed by atoms with van der Waals surface area (Å²) in [4.78, 5) is 17.4. The van der Waals surface area contributed by atoms with Crippen molar-refractivity contribution in [2.45, 2.75) is 6.42 Å². The van der Waals surface area contributed by atoms with Crippen molar-refractivity contribution in [1.29, 1.82) is 0 Å². The van der Waals surface area contributed by atoms with Gasteiger partial charge in [0, 0.05) is 19.0 Å². The third-order valence-electron chi connectivity index (χ3n) is 2.41. The lowest BCUT2D eigenvalue weighted by molar-refractivity contribution is -0.116. The molecule has 80 valence electrons. The molecule has 1 aromatic rings. The molecule has 0 spiro atoms. The second-order valence-corrected chi connectivity index (χ2v) is 3.52. The Bertz CT molecular complexity index is 395. The second-order valence-electron chi connectivity index (χ2n) is 3.25. The van der Waals surface area contributed by atoms with E-state index in [1.165, 1.54) is 0 Å². The quantitative estimate of drug-likeness (QED) is 0.712. The van der Waals surface area contributed by atoms with E-state index in [9.17, 15) is 4.79 Å². The minimum atomic E-state index is -0.0811. The number of fused-ring (bicyclic) bond motifs is 1. The number of ether oxygens (including phenoxy) is 1. The van der Waals surface area contributed by atoms with Gasteiger partial charge in [-0.1, -0.05) is 0 Å². The largest absolute Gasteiger partial charge is 0.481 e. The van der Waals surface area contributed by atoms with Crippen molar-refractivity contribution in [1.82, 2.24) is 4.98 Å². The molecular weight excluding hydrogens is 216 g/mol. The fourth-order valence-electron chi connectivity index (χ4n) is 1.69. The van der Waals surface area contributed by atoms with Crippen LogP contribution >= 0.6 is 11.6 Å². The van der Waals surface area contributed by atoms with E-state index in [-0.39, 0.29) is 11.8 Å². The molecule has 4 nitrogen and oxygen atoms in total. The minimum Gasteiger partial charge on any atom is -0.481 e. The molecule has 1 aromatic heterocycles. The molecule has 0 radical (unpaired) electrons. The Morgan fingerprint density at radius 2 is 2.47 bits per heavy atom. The predicted molar refractivity (Wildman–Crippen MR) is 57.6 cm³/mol. The molecule has 0 aromatic carbocycles. The fourth-order valence-corrected chi connectivity index (χ4v) is 1.83. The molecule has 5 heteroatoms. The number of methoxy groups -OCH3 is 1. The highest BCUT2D eigenvalue weighted by Crippen LogP contribution is 2.28. The molecule has 15 heavy (non-hydrogen) atoms. The molecule has 1 aliphatic rings. The van der Waals surface area contributed by atoms with Gasteiger partial charge < -0.3 is 9.64 Å². The number of rotatable bonds is 2. The van der Waals surface area contributed by atoms with Gasteiger partial charge in [0.25, 0.3) is 0 Å². The number of alkyl halides is 1. The molecule has 0 saturated heterocycles. The lowest BCUT2D eigenvalue weighted by Crippen LogP contribution is -2.29. The summed E-state index contributed by atoms with van der Waals surface area (Å²) in [5.41, 5.74) is 1.74. The molecule has 0 fully saturated rings. The van der Waals surface area contributed by atoms with Gasteiger partial charge in [0.1, 0.15) is 5.88 Å². The summed E-state index contributed by atoms with van der Waals surface area (Å²) in [5.74, 6) is 0.502. The highest BCUT2D eigenvalue weighted by molar-refractivity contribution is 6.29. The van der Waals surface area contributed by atoms with Crippen molar-refractivity contribution >= 4 is 23.2 Å². The van der Waals surface area contributed by atoms with Crippen LogP contribution in [0, 0.1) is 0 Å². The maximum absolute atomic E-state index is 11.5. The number of hydrogen-bond donors (Lipinski definition) is 0. The summed E-state index contributed by atoms with van der Waals surface area (Å²) in [7, 11) is 1.57. The van der Waals surface area contributed by atoms with Crippen molar-refractivity contribution in [2.24, 2.45) is 0 Å². The first-order valence-corrected chi connectivity index (χ1v) is 5.20. The predicted octanol–water partition coefficient (Wildman–Crippen LogP) is 1.22. The lowest BCUT2D eigenvalue weighted by atomic mass is 10.3. The van der Waals surface area contributed by atoms with E-state index in [1.54, 1.807) is 18.1 Å². The Hall–Kier alpha value is -1.29. The minimum absolute atomic E-state index is 0.00543. The molecule has 0 saturated carbocycles. The van der Waals surface area contributed by atoms with Crippen LogP contribution in [0.5, 0.6) is 5.88 Å². The van der Waals surface area contributed by atoms with Gasteiger partial charge in [-0.05, 0) is 6.07 Å². The zero-order valence-corrected chi connectivity index (χ0v) is 9.12. The number of pyridine rings is 1. The molecule has 2 rings (SSSR count). The van der Waals surface area contributed by atoms with Crippen LogP contribution in [0.15, 0.2) is 12.1 Å². The normalized spacial score (nSPS) is 13.9. The van der Waals surface area contributed by atoms with Gasteiger partial charge in [0.2, 0.25) is 11.8 Å². The number of anilines is 1. The summed E-state index contributed by atoms with van der Waals surface area (Å²) >= 11 is 5.52. The number of nitrogens with zero attached hydrogens (tertiary/aromatic N) is 2. The second kappa shape index (κ2) is 4.06. The van der Waals surface area contributed by atoms with E-state index in [2.05, 4.69) is 4.98 Å². The standard InChI is InChI=1S/C10H11ClN2O2/c1-15-9-3-2-8-7(12-9)4-5-13(8)10(14)6-11/h2-3H,4-6H2,1H3. The number of amides is 1. The van der Waals surface area contributed by atoms with E-state index < -0.39 is 0 Å². The Balaban J connectivity index is 2.32. The summed E-state index contributed by atoms with van der Waals surface area (Å²) in [6.45, 7) is 0.654. The maximum Gasteiger partial charge on any atom is 0.241 e. The van der Waals surface area contributed by atoms with Crippen LogP contribution < -0.4 is 9.64 Å². The van der Waals surface area contributed by atoms with Gasteiger partial charge in [-0.15, -0.1) is 11.6 Å². The molecule has 0 atom stereocenters. The van der Waals surface area contributed by atoms with Crippen molar-refractivity contribution in [3.8, 4) is 5.88 Å². The van der Waals surface area contributed by atoms with Gasteiger partial charge in [-0.3, -0.25) is 4.79 Å². The van der Waals surface area contributed by atoms with Crippen LogP contribution in [-0.4, -0.2) is 30.4 Å². The van der Waals surface area contributed by atoms with Crippen LogP contribution in [0.3, 0.4) is 0 Å². The Labute approximate surface area is 92.8 Å². The topological polar surface area (TPSA) is 42.4 Å². The summed E-state index contributed by atoms with van der Waals surface area (Å²) in [5, 5.41) is 0. The molecule has 1 amide bonds. The van der Waals surface area contributed by atoms with E-state index in [4.69, 9.17) is 16.3 Å². The van der Waals surface area contributed by atoms with Crippen molar-refractivity contribution in [3.63, 3.8) is 0 Å². The average molecular weight is 227 g/mol. The van der Waals surface area contributed by atoms with Crippen molar-refractivity contribution in [3.05, 3.63) is 17.8 Å². The third kappa shape index (κ3) is 1.77. The fraction of sp³-hybridized carbons (Fsp3) is 0.400. The molecule has 1 aliphatic heterocycles. The van der Waals surface area contributed by atoms with Gasteiger partial charge >= 0.3 is 0 Å². The highest BCUT2D eigenvalue weighted by atomic mass is 35.5.